The van der Waals surface area contributed by atoms with Crippen LogP contribution < -0.4 is 0 Å². The summed E-state index contributed by atoms with van der Waals surface area (Å²) in [6, 6.07) is 0. The molecule has 0 aromatic rings. The van der Waals surface area contributed by atoms with Crippen LogP contribution in [0.5, 0.6) is 0 Å². The maximum absolute atomic E-state index is 14.3. The highest BCUT2D eigenvalue weighted by Crippen LogP contribution is 2.74. The Morgan fingerprint density at radius 1 is 0.612 bits per heavy atom. The van der Waals surface area contributed by atoms with Gasteiger partial charge in [0.15, 0.2) is 6.29 Å². The first-order chi connectivity index (χ1) is 31.6. The van der Waals surface area contributed by atoms with Crippen molar-refractivity contribution in [1.82, 2.24) is 0 Å². The molecule has 14 N–H and O–H groups in total. The van der Waals surface area contributed by atoms with Crippen LogP contribution in [0.1, 0.15) is 84.5 Å². The zero-order valence-electron chi connectivity index (χ0n) is 38.1. The molecule has 21 heteroatoms. The molecule has 2 saturated heterocycles. The van der Waals surface area contributed by atoms with Gasteiger partial charge < -0.3 is 99.9 Å². The zero-order chi connectivity index (χ0) is 48.7. The van der Waals surface area contributed by atoms with Crippen LogP contribution >= 0.6 is 0 Å². The van der Waals surface area contributed by atoms with Gasteiger partial charge in [0.1, 0.15) is 73.2 Å². The second kappa shape index (κ2) is 19.5. The first-order valence-electron chi connectivity index (χ1n) is 24.1. The van der Waals surface area contributed by atoms with Gasteiger partial charge in [0.25, 0.3) is 0 Å². The number of aliphatic hydroxyl groups excluding tert-OH is 14. The minimum atomic E-state index is -1.74. The van der Waals surface area contributed by atoms with Gasteiger partial charge in [-0.05, 0) is 99.4 Å². The Balaban J connectivity index is 1.06. The van der Waals surface area contributed by atoms with Crippen LogP contribution in [0.2, 0.25) is 0 Å². The lowest BCUT2D eigenvalue weighted by atomic mass is 9.41. The molecule has 6 aliphatic carbocycles. The van der Waals surface area contributed by atoms with Gasteiger partial charge in [0.2, 0.25) is 6.29 Å². The summed E-state index contributed by atoms with van der Waals surface area (Å²) in [5, 5.41) is 149. The van der Waals surface area contributed by atoms with Gasteiger partial charge >= 0.3 is 5.97 Å². The standard InChI is InChI=1S/C46H74O21/c1-19-13-45-9-5-26-43(2,7-4-8-44(26,3)42(61)66-40-37(60)36(59)32(55)24(16-49)64-40)27(45)6-10-46(19,18-45)67-41-39(63-23-12-21(15-48)29(52)35(58)31(23)54)38(33(56)25(17-50)65-41)62-22-11-20(14-47)28(51)34(57)30(22)53/h20-41,47-60H,1,4-18H2,2-3H3/t20-,21-,22?,23?,24-,25-,26+,27+,28-,29-,30+,31+,32-,33-,34+,35+,36+,37-,38+,39-,40+,41+,43-,44-,45-,46+/m1/s1. The van der Waals surface area contributed by atoms with Crippen LogP contribution in [0.15, 0.2) is 12.2 Å². The van der Waals surface area contributed by atoms with Crippen molar-refractivity contribution in [1.29, 1.82) is 0 Å². The number of fused-ring (bicyclic) bond motifs is 3. The normalized spacial score (nSPS) is 54.5. The molecule has 8 rings (SSSR count). The Hall–Kier alpha value is -1.55. The van der Waals surface area contributed by atoms with E-state index < -0.39 is 171 Å². The molecule has 8 aliphatic rings. The molecule has 1 spiro atoms. The van der Waals surface area contributed by atoms with E-state index in [0.717, 1.165) is 12.0 Å². The van der Waals surface area contributed by atoms with Gasteiger partial charge in [-0.25, -0.2) is 0 Å². The number of carbonyl (C=O) groups is 1. The monoisotopic (exact) mass is 962 g/mol. The van der Waals surface area contributed by atoms with E-state index in [1.165, 1.54) is 0 Å². The third kappa shape index (κ3) is 8.65. The average Bonchev–Trinajstić information content (AvgIpc) is 3.50. The van der Waals surface area contributed by atoms with Gasteiger partial charge in [0, 0.05) is 25.0 Å². The molecule has 26 atom stereocenters. The van der Waals surface area contributed by atoms with E-state index >= 15 is 0 Å². The van der Waals surface area contributed by atoms with Gasteiger partial charge in [-0.1, -0.05) is 19.9 Å². The second-order valence-electron chi connectivity index (χ2n) is 21.8. The van der Waals surface area contributed by atoms with Crippen molar-refractivity contribution in [2.75, 3.05) is 26.4 Å². The van der Waals surface area contributed by atoms with Crippen LogP contribution in [-0.4, -0.2) is 220 Å². The quantitative estimate of drug-likeness (QED) is 0.0507. The number of aliphatic hydroxyl groups is 14. The molecule has 0 amide bonds. The Kier molecular flexibility index (Phi) is 15.0. The summed E-state index contributed by atoms with van der Waals surface area (Å²) in [5.41, 5.74) is -2.10. The minimum Gasteiger partial charge on any atom is -0.432 e. The summed E-state index contributed by atoms with van der Waals surface area (Å²) in [5.74, 6) is -2.58. The molecule has 0 aromatic carbocycles. The largest absolute Gasteiger partial charge is 0.432 e. The summed E-state index contributed by atoms with van der Waals surface area (Å²) < 4.78 is 37.7. The van der Waals surface area contributed by atoms with E-state index in [4.69, 9.17) is 28.4 Å². The smallest absolute Gasteiger partial charge is 0.314 e. The molecule has 0 radical (unpaired) electrons. The van der Waals surface area contributed by atoms with Crippen LogP contribution in [0.25, 0.3) is 0 Å². The van der Waals surface area contributed by atoms with Crippen molar-refractivity contribution >= 4 is 5.97 Å². The lowest BCUT2D eigenvalue weighted by Crippen LogP contribution is -2.67. The van der Waals surface area contributed by atoms with Crippen LogP contribution in [0.4, 0.5) is 0 Å². The molecule has 0 aromatic heterocycles. The molecule has 8 fully saturated rings. The molecule has 6 saturated carbocycles. The molecular formula is C46H74O21. The maximum Gasteiger partial charge on any atom is 0.314 e. The Bertz CT molecular complexity index is 1750. The van der Waals surface area contributed by atoms with Gasteiger partial charge in [-0.15, -0.1) is 0 Å². The maximum atomic E-state index is 14.3. The van der Waals surface area contributed by atoms with Crippen molar-refractivity contribution in [2.45, 2.75) is 200 Å². The van der Waals surface area contributed by atoms with E-state index in [2.05, 4.69) is 13.5 Å². The lowest BCUT2D eigenvalue weighted by molar-refractivity contribution is -0.359. The number of esters is 1. The third-order valence-electron chi connectivity index (χ3n) is 18.1. The van der Waals surface area contributed by atoms with Crippen molar-refractivity contribution < 1.29 is 105 Å². The van der Waals surface area contributed by atoms with Crippen LogP contribution in [0.3, 0.4) is 0 Å². The fraction of sp³-hybridized carbons (Fsp3) is 0.935. The molecule has 67 heavy (non-hydrogen) atoms. The van der Waals surface area contributed by atoms with Crippen LogP contribution in [-0.2, 0) is 33.2 Å². The second-order valence-corrected chi connectivity index (χ2v) is 21.8. The summed E-state index contributed by atoms with van der Waals surface area (Å²) in [7, 11) is 0. The number of rotatable bonds is 12. The number of hydrogen-bond donors (Lipinski definition) is 14. The summed E-state index contributed by atoms with van der Waals surface area (Å²) in [6.07, 6.45) is -23.0. The summed E-state index contributed by atoms with van der Waals surface area (Å²) >= 11 is 0. The molecule has 2 heterocycles. The van der Waals surface area contributed by atoms with E-state index in [-0.39, 0.29) is 30.1 Å². The van der Waals surface area contributed by atoms with E-state index in [9.17, 15) is 76.3 Å². The molecule has 2 unspecified atom stereocenters. The van der Waals surface area contributed by atoms with E-state index in [1.54, 1.807) is 0 Å². The highest BCUT2D eigenvalue weighted by atomic mass is 16.7. The van der Waals surface area contributed by atoms with Crippen molar-refractivity contribution in [2.24, 2.45) is 39.9 Å². The summed E-state index contributed by atoms with van der Waals surface area (Å²) in [6.45, 7) is 6.07. The molecule has 2 bridgehead atoms. The van der Waals surface area contributed by atoms with Gasteiger partial charge in [0.05, 0.1) is 48.6 Å². The predicted molar refractivity (Wildman–Crippen MR) is 225 cm³/mol. The topological polar surface area (TPSA) is 356 Å². The first-order valence-corrected chi connectivity index (χ1v) is 24.1. The number of carbonyl (C=O) groups excluding carboxylic acids is 1. The average molecular weight is 963 g/mol. The van der Waals surface area contributed by atoms with Gasteiger partial charge in [-0.2, -0.15) is 0 Å². The Morgan fingerprint density at radius 3 is 1.73 bits per heavy atom. The number of hydrogen-bond acceptors (Lipinski definition) is 21. The first kappa shape index (κ1) is 51.8. The lowest BCUT2D eigenvalue weighted by Gasteiger charge is -2.64. The molecule has 21 nitrogen and oxygen atoms in total. The molecule has 2 aliphatic heterocycles. The fourth-order valence-corrected chi connectivity index (χ4v) is 14.4. The van der Waals surface area contributed by atoms with Crippen LogP contribution in [0, 0.1) is 39.9 Å². The highest BCUT2D eigenvalue weighted by Gasteiger charge is 2.69. The third-order valence-corrected chi connectivity index (χ3v) is 18.1. The Labute approximate surface area is 388 Å². The van der Waals surface area contributed by atoms with Crippen molar-refractivity contribution in [3.63, 3.8) is 0 Å². The summed E-state index contributed by atoms with van der Waals surface area (Å²) in [4.78, 5) is 14.3. The van der Waals surface area contributed by atoms with Gasteiger partial charge in [-0.3, -0.25) is 4.79 Å². The van der Waals surface area contributed by atoms with E-state index in [1.807, 2.05) is 6.92 Å². The SMILES string of the molecule is C=C1C[C@@]23CC[C@H]4[C@@](C)(CCC[C@@]4(C)C(=O)O[C@@H]4O[C@H](CO)[C@@H](O)[C@H](O)[C@H]4O)[C@@H]2CC[C@]1(O[C@@H]1O[C@H](CO)[C@@H](O)[C@H](OC2C[C@H](CO)[C@@H](O)[C@H](O)[C@H]2O)[C@H]1OC1C[C@H](CO)[C@@H](O)[C@H](O)[C@H]1O)C3. The zero-order valence-corrected chi connectivity index (χ0v) is 38.1. The predicted octanol–water partition coefficient (Wildman–Crippen LogP) is -3.79. The van der Waals surface area contributed by atoms with Crippen molar-refractivity contribution in [3.8, 4) is 0 Å². The Morgan fingerprint density at radius 2 is 1.15 bits per heavy atom. The minimum absolute atomic E-state index is 0.0616. The highest BCUT2D eigenvalue weighted by molar-refractivity contribution is 5.77. The molecular weight excluding hydrogens is 888 g/mol. The van der Waals surface area contributed by atoms with Crippen molar-refractivity contribution in [3.05, 3.63) is 12.2 Å². The molecule has 384 valence electrons. The number of ether oxygens (including phenoxy) is 6. The fourth-order valence-electron chi connectivity index (χ4n) is 14.4. The van der Waals surface area contributed by atoms with E-state index in [0.29, 0.717) is 51.4 Å².